The number of hydrogen-bond donors (Lipinski definition) is 0. The lowest BCUT2D eigenvalue weighted by molar-refractivity contribution is -0.124. The molecule has 3 heterocycles. The number of piperidine rings is 3. The number of hydrogen-bond acceptors (Lipinski definition) is 3. The highest BCUT2D eigenvalue weighted by Gasteiger charge is 2.40. The van der Waals surface area contributed by atoms with Gasteiger partial charge in [0, 0.05) is 43.6 Å². The van der Waals surface area contributed by atoms with Gasteiger partial charge in [0.15, 0.2) is 0 Å². The van der Waals surface area contributed by atoms with Crippen LogP contribution in [0.3, 0.4) is 0 Å². The first-order chi connectivity index (χ1) is 8.65. The second-order valence-electron chi connectivity index (χ2n) is 6.61. The van der Waals surface area contributed by atoms with Crippen LogP contribution in [0.5, 0.6) is 0 Å². The predicted octanol–water partition coefficient (Wildman–Crippen LogP) is 2.06. The minimum atomic E-state index is 0.465. The van der Waals surface area contributed by atoms with Crippen LogP contribution in [0.2, 0.25) is 0 Å². The lowest BCUT2D eigenvalue weighted by Crippen LogP contribution is -2.58. The van der Waals surface area contributed by atoms with Crippen molar-refractivity contribution < 1.29 is 4.79 Å². The number of nitrogens with zero attached hydrogens (tertiary/aromatic N) is 2. The van der Waals surface area contributed by atoms with Gasteiger partial charge in [0.1, 0.15) is 5.78 Å². The van der Waals surface area contributed by atoms with Crippen LogP contribution in [0.4, 0.5) is 0 Å². The molecule has 3 heteroatoms. The van der Waals surface area contributed by atoms with Gasteiger partial charge in [0.2, 0.25) is 0 Å². The molecule has 3 aliphatic heterocycles. The van der Waals surface area contributed by atoms with Gasteiger partial charge in [-0.05, 0) is 39.7 Å². The molecule has 0 radical (unpaired) electrons. The third-order valence-electron chi connectivity index (χ3n) is 5.52. The molecule has 0 amide bonds. The maximum absolute atomic E-state index is 11.5. The number of carbonyl (C=O) groups is 1. The maximum atomic E-state index is 11.5. The van der Waals surface area contributed by atoms with Gasteiger partial charge in [-0.15, -0.1) is 0 Å². The number of rotatable bonds is 1. The number of likely N-dealkylation sites (tertiary alicyclic amines) is 1. The molecule has 0 saturated carbocycles. The fourth-order valence-electron chi connectivity index (χ4n) is 4.42. The summed E-state index contributed by atoms with van der Waals surface area (Å²) in [6.07, 6.45) is 8.39. The van der Waals surface area contributed by atoms with Gasteiger partial charge in [0.25, 0.3) is 0 Å². The molecule has 3 atom stereocenters. The van der Waals surface area contributed by atoms with E-state index in [1.807, 2.05) is 0 Å². The van der Waals surface area contributed by atoms with E-state index in [1.165, 1.54) is 32.1 Å². The Hall–Kier alpha value is -0.410. The molecule has 0 aromatic rings. The molecule has 0 aliphatic carbocycles. The average Bonchev–Trinajstić information content (AvgIpc) is 2.29. The Morgan fingerprint density at radius 2 is 1.78 bits per heavy atom. The molecule has 2 bridgehead atoms. The number of fused-ring (bicyclic) bond motifs is 2. The molecular formula is C15H26N2O. The van der Waals surface area contributed by atoms with Gasteiger partial charge in [0.05, 0.1) is 0 Å². The van der Waals surface area contributed by atoms with E-state index in [-0.39, 0.29) is 0 Å². The van der Waals surface area contributed by atoms with Crippen LogP contribution in [0.15, 0.2) is 0 Å². The van der Waals surface area contributed by atoms with Crippen LogP contribution in [0, 0.1) is 0 Å². The molecule has 3 aliphatic rings. The third-order valence-corrected chi connectivity index (χ3v) is 5.52. The van der Waals surface area contributed by atoms with Crippen molar-refractivity contribution in [3.63, 3.8) is 0 Å². The first-order valence-corrected chi connectivity index (χ1v) is 7.64. The molecule has 3 rings (SSSR count). The highest BCUT2D eigenvalue weighted by molar-refractivity contribution is 5.79. The molecule has 18 heavy (non-hydrogen) atoms. The summed E-state index contributed by atoms with van der Waals surface area (Å²) in [4.78, 5) is 16.8. The molecule has 3 unspecified atom stereocenters. The van der Waals surface area contributed by atoms with E-state index in [4.69, 9.17) is 0 Å². The summed E-state index contributed by atoms with van der Waals surface area (Å²) in [6, 6.07) is 2.81. The minimum Gasteiger partial charge on any atom is -0.300 e. The Morgan fingerprint density at radius 3 is 2.39 bits per heavy atom. The number of carbonyl (C=O) groups excluding carboxylic acids is 1. The molecule has 3 nitrogen and oxygen atoms in total. The van der Waals surface area contributed by atoms with E-state index in [9.17, 15) is 4.79 Å². The normalized spacial score (nSPS) is 43.1. The van der Waals surface area contributed by atoms with Crippen LogP contribution in [0.1, 0.15) is 51.9 Å². The largest absolute Gasteiger partial charge is 0.300 e. The summed E-state index contributed by atoms with van der Waals surface area (Å²) >= 11 is 0. The molecule has 0 aromatic heterocycles. The molecule has 0 N–H and O–H groups in total. The van der Waals surface area contributed by atoms with Crippen LogP contribution in [0.25, 0.3) is 0 Å². The van der Waals surface area contributed by atoms with Gasteiger partial charge in [-0.2, -0.15) is 0 Å². The van der Waals surface area contributed by atoms with E-state index >= 15 is 0 Å². The van der Waals surface area contributed by atoms with Crippen LogP contribution in [-0.4, -0.2) is 53.3 Å². The first kappa shape index (κ1) is 12.6. The number of Topliss-reactive ketones (excluding diaryl/α,β-unsaturated/α-hetero) is 1. The molecule has 102 valence electrons. The molecule has 0 aromatic carbocycles. The zero-order chi connectivity index (χ0) is 12.7. The Labute approximate surface area is 111 Å². The van der Waals surface area contributed by atoms with Crippen molar-refractivity contribution in [2.45, 2.75) is 76.0 Å². The highest BCUT2D eigenvalue weighted by atomic mass is 16.1. The first-order valence-electron chi connectivity index (χ1n) is 7.64. The lowest BCUT2D eigenvalue weighted by Gasteiger charge is -2.51. The zero-order valence-electron chi connectivity index (χ0n) is 11.8. The maximum Gasteiger partial charge on any atom is 0.135 e. The summed E-state index contributed by atoms with van der Waals surface area (Å²) in [6.45, 7) is 3.25. The molecule has 0 spiro atoms. The summed E-state index contributed by atoms with van der Waals surface area (Å²) in [5.41, 5.74) is 0. The van der Waals surface area contributed by atoms with Crippen molar-refractivity contribution in [1.82, 2.24) is 9.80 Å². The Bertz CT molecular complexity index is 316. The Balaban J connectivity index is 1.68. The summed E-state index contributed by atoms with van der Waals surface area (Å²) in [7, 11) is 2.31. The third kappa shape index (κ3) is 2.23. The van der Waals surface area contributed by atoms with Crippen LogP contribution in [-0.2, 0) is 4.79 Å². The summed E-state index contributed by atoms with van der Waals surface area (Å²) in [5, 5.41) is 0. The monoisotopic (exact) mass is 250 g/mol. The van der Waals surface area contributed by atoms with Crippen LogP contribution < -0.4 is 0 Å². The second-order valence-corrected chi connectivity index (χ2v) is 6.61. The van der Waals surface area contributed by atoms with Crippen molar-refractivity contribution in [3.8, 4) is 0 Å². The topological polar surface area (TPSA) is 23.6 Å². The van der Waals surface area contributed by atoms with Gasteiger partial charge in [-0.3, -0.25) is 9.69 Å². The fraction of sp³-hybridized carbons (Fsp3) is 0.933. The van der Waals surface area contributed by atoms with E-state index < -0.39 is 0 Å². The number of ketones is 1. The van der Waals surface area contributed by atoms with Crippen molar-refractivity contribution in [2.75, 3.05) is 13.6 Å². The van der Waals surface area contributed by atoms with Crippen molar-refractivity contribution in [3.05, 3.63) is 0 Å². The lowest BCUT2D eigenvalue weighted by atomic mass is 9.80. The summed E-state index contributed by atoms with van der Waals surface area (Å²) in [5.74, 6) is 0.465. The highest BCUT2D eigenvalue weighted by Crippen LogP contribution is 2.36. The molecule has 3 saturated heterocycles. The van der Waals surface area contributed by atoms with Crippen LogP contribution >= 0.6 is 0 Å². The fourth-order valence-corrected chi connectivity index (χ4v) is 4.42. The molecule has 3 fully saturated rings. The van der Waals surface area contributed by atoms with Crippen molar-refractivity contribution >= 4 is 5.78 Å². The average molecular weight is 250 g/mol. The van der Waals surface area contributed by atoms with Crippen molar-refractivity contribution in [1.29, 1.82) is 0 Å². The van der Waals surface area contributed by atoms with Gasteiger partial charge in [-0.25, -0.2) is 0 Å². The Morgan fingerprint density at radius 1 is 1.11 bits per heavy atom. The van der Waals surface area contributed by atoms with E-state index in [0.29, 0.717) is 11.8 Å². The Kier molecular flexibility index (Phi) is 3.46. The summed E-state index contributed by atoms with van der Waals surface area (Å²) < 4.78 is 0. The minimum absolute atomic E-state index is 0.465. The smallest absolute Gasteiger partial charge is 0.135 e. The van der Waals surface area contributed by atoms with Crippen molar-refractivity contribution in [2.24, 2.45) is 0 Å². The zero-order valence-corrected chi connectivity index (χ0v) is 11.8. The van der Waals surface area contributed by atoms with Gasteiger partial charge in [-0.1, -0.05) is 6.42 Å². The van der Waals surface area contributed by atoms with Gasteiger partial charge < -0.3 is 4.90 Å². The van der Waals surface area contributed by atoms with E-state index in [1.54, 1.807) is 0 Å². The standard InChI is InChI=1S/C15H26N2O/c1-11-8-15(18)6-7-17(11)14-9-12-4-3-5-13(10-14)16(12)2/h11-14H,3-10H2,1-2H3. The second kappa shape index (κ2) is 4.93. The quantitative estimate of drug-likeness (QED) is 0.711. The SMILES string of the molecule is CC1CC(=O)CCN1C1CC2CCCC(C1)N2C. The van der Waals surface area contributed by atoms with E-state index in [2.05, 4.69) is 23.8 Å². The van der Waals surface area contributed by atoms with E-state index in [0.717, 1.165) is 37.5 Å². The molecular weight excluding hydrogens is 224 g/mol. The van der Waals surface area contributed by atoms with Gasteiger partial charge >= 0.3 is 0 Å². The predicted molar refractivity (Wildman–Crippen MR) is 72.6 cm³/mol.